The highest BCUT2D eigenvalue weighted by molar-refractivity contribution is 5.77. The van der Waals surface area contributed by atoms with Crippen LogP contribution >= 0.6 is 0 Å². The summed E-state index contributed by atoms with van der Waals surface area (Å²) in [5.41, 5.74) is 8.08. The molecule has 21 heavy (non-hydrogen) atoms. The first kappa shape index (κ1) is 13.7. The predicted molar refractivity (Wildman–Crippen MR) is 84.2 cm³/mol. The van der Waals surface area contributed by atoms with E-state index in [-0.39, 0.29) is 0 Å². The average Bonchev–Trinajstić information content (AvgIpc) is 2.98. The zero-order valence-electron chi connectivity index (χ0n) is 12.1. The molecule has 2 aromatic rings. The molecule has 110 valence electrons. The van der Waals surface area contributed by atoms with Gasteiger partial charge < -0.3 is 11.1 Å². The molecule has 3 N–H and O–H groups in total. The zero-order chi connectivity index (χ0) is 14.5. The Labute approximate surface area is 124 Å². The number of hydrogen-bond donors (Lipinski definition) is 2. The number of para-hydroxylation sites is 1. The van der Waals surface area contributed by atoms with Gasteiger partial charge >= 0.3 is 0 Å². The predicted octanol–water partition coefficient (Wildman–Crippen LogP) is 2.08. The van der Waals surface area contributed by atoms with E-state index in [4.69, 9.17) is 5.73 Å². The van der Waals surface area contributed by atoms with Crippen molar-refractivity contribution in [2.24, 2.45) is 16.6 Å². The number of aliphatic imine (C=N–C) groups is 1. The van der Waals surface area contributed by atoms with Crippen molar-refractivity contribution in [2.75, 3.05) is 6.54 Å². The number of guanidine groups is 1. The van der Waals surface area contributed by atoms with Crippen LogP contribution in [0.4, 0.5) is 0 Å². The first-order chi connectivity index (χ1) is 10.3. The SMILES string of the molecule is NC(=NCc1ccccc1-n1cccn1)NCC1CCC1. The summed E-state index contributed by atoms with van der Waals surface area (Å²) in [6.07, 6.45) is 7.67. The Kier molecular flexibility index (Phi) is 4.19. The summed E-state index contributed by atoms with van der Waals surface area (Å²) in [7, 11) is 0. The summed E-state index contributed by atoms with van der Waals surface area (Å²) in [6, 6.07) is 10.0. The number of nitrogens with one attached hydrogen (secondary N) is 1. The van der Waals surface area contributed by atoms with E-state index in [1.165, 1.54) is 19.3 Å². The van der Waals surface area contributed by atoms with Gasteiger partial charge in [-0.05, 0) is 36.5 Å². The molecule has 0 radical (unpaired) electrons. The highest BCUT2D eigenvalue weighted by atomic mass is 15.3. The molecule has 0 saturated heterocycles. The molecular formula is C16H21N5. The molecule has 5 nitrogen and oxygen atoms in total. The molecule has 3 rings (SSSR count). The Hall–Kier alpha value is -2.30. The van der Waals surface area contributed by atoms with Crippen molar-refractivity contribution in [3.63, 3.8) is 0 Å². The minimum absolute atomic E-state index is 0.525. The molecule has 1 saturated carbocycles. The van der Waals surface area contributed by atoms with Crippen molar-refractivity contribution in [3.8, 4) is 5.69 Å². The van der Waals surface area contributed by atoms with Gasteiger partial charge in [0.05, 0.1) is 12.2 Å². The molecule has 0 bridgehead atoms. The smallest absolute Gasteiger partial charge is 0.188 e. The zero-order valence-corrected chi connectivity index (χ0v) is 12.1. The first-order valence-electron chi connectivity index (χ1n) is 7.44. The van der Waals surface area contributed by atoms with Crippen LogP contribution < -0.4 is 11.1 Å². The van der Waals surface area contributed by atoms with E-state index >= 15 is 0 Å². The third-order valence-corrected chi connectivity index (χ3v) is 3.96. The van der Waals surface area contributed by atoms with Crippen LogP contribution in [0, 0.1) is 5.92 Å². The Bertz CT molecular complexity index is 599. The number of nitrogens with zero attached hydrogens (tertiary/aromatic N) is 3. The Morgan fingerprint density at radius 3 is 2.90 bits per heavy atom. The summed E-state index contributed by atoms with van der Waals surface area (Å²) >= 11 is 0. The second-order valence-electron chi connectivity index (χ2n) is 5.46. The van der Waals surface area contributed by atoms with Crippen molar-refractivity contribution in [1.82, 2.24) is 15.1 Å². The summed E-state index contributed by atoms with van der Waals surface area (Å²) in [4.78, 5) is 4.44. The highest BCUT2D eigenvalue weighted by Gasteiger charge is 2.16. The van der Waals surface area contributed by atoms with Gasteiger partial charge in [-0.3, -0.25) is 0 Å². The van der Waals surface area contributed by atoms with Gasteiger partial charge in [0.15, 0.2) is 5.96 Å². The maximum Gasteiger partial charge on any atom is 0.188 e. The monoisotopic (exact) mass is 283 g/mol. The Morgan fingerprint density at radius 1 is 1.33 bits per heavy atom. The molecular weight excluding hydrogens is 262 g/mol. The van der Waals surface area contributed by atoms with Gasteiger partial charge in [0.1, 0.15) is 0 Å². The molecule has 1 fully saturated rings. The van der Waals surface area contributed by atoms with Crippen LogP contribution in [-0.4, -0.2) is 22.3 Å². The highest BCUT2D eigenvalue weighted by Crippen LogP contribution is 2.25. The molecule has 0 unspecified atom stereocenters. The first-order valence-corrected chi connectivity index (χ1v) is 7.44. The number of benzene rings is 1. The fraction of sp³-hybridized carbons (Fsp3) is 0.375. The second-order valence-corrected chi connectivity index (χ2v) is 5.46. The van der Waals surface area contributed by atoms with E-state index < -0.39 is 0 Å². The fourth-order valence-electron chi connectivity index (χ4n) is 2.45. The van der Waals surface area contributed by atoms with Crippen LogP contribution in [0.3, 0.4) is 0 Å². The van der Waals surface area contributed by atoms with Crippen LogP contribution in [0.2, 0.25) is 0 Å². The van der Waals surface area contributed by atoms with Gasteiger partial charge in [0.25, 0.3) is 0 Å². The molecule has 1 aromatic heterocycles. The number of rotatable bonds is 5. The maximum atomic E-state index is 5.93. The third kappa shape index (κ3) is 3.42. The van der Waals surface area contributed by atoms with Crippen molar-refractivity contribution < 1.29 is 0 Å². The minimum Gasteiger partial charge on any atom is -0.370 e. The van der Waals surface area contributed by atoms with Crippen molar-refractivity contribution in [2.45, 2.75) is 25.8 Å². The van der Waals surface area contributed by atoms with Gasteiger partial charge in [0.2, 0.25) is 0 Å². The van der Waals surface area contributed by atoms with Crippen molar-refractivity contribution >= 4 is 5.96 Å². The summed E-state index contributed by atoms with van der Waals surface area (Å²) < 4.78 is 1.85. The molecule has 1 aliphatic carbocycles. The van der Waals surface area contributed by atoms with E-state index in [1.54, 1.807) is 6.20 Å². The van der Waals surface area contributed by atoms with Crippen LogP contribution in [0.1, 0.15) is 24.8 Å². The van der Waals surface area contributed by atoms with E-state index in [1.807, 2.05) is 35.1 Å². The van der Waals surface area contributed by atoms with Gasteiger partial charge in [-0.2, -0.15) is 5.10 Å². The molecule has 1 aromatic carbocycles. The molecule has 1 aliphatic rings. The van der Waals surface area contributed by atoms with E-state index in [9.17, 15) is 0 Å². The Balaban J connectivity index is 1.64. The van der Waals surface area contributed by atoms with E-state index in [0.717, 1.165) is 23.7 Å². The fourth-order valence-corrected chi connectivity index (χ4v) is 2.45. The Morgan fingerprint density at radius 2 is 2.19 bits per heavy atom. The lowest BCUT2D eigenvalue weighted by molar-refractivity contribution is 0.315. The van der Waals surface area contributed by atoms with Crippen molar-refractivity contribution in [3.05, 3.63) is 48.3 Å². The number of hydrogen-bond acceptors (Lipinski definition) is 2. The van der Waals surface area contributed by atoms with Gasteiger partial charge in [-0.1, -0.05) is 24.6 Å². The normalized spacial score (nSPS) is 15.7. The largest absolute Gasteiger partial charge is 0.370 e. The lowest BCUT2D eigenvalue weighted by Crippen LogP contribution is -2.37. The van der Waals surface area contributed by atoms with Crippen LogP contribution in [-0.2, 0) is 6.54 Å². The maximum absolute atomic E-state index is 5.93. The molecule has 5 heteroatoms. The molecule has 1 heterocycles. The van der Waals surface area contributed by atoms with Crippen LogP contribution in [0.25, 0.3) is 5.69 Å². The van der Waals surface area contributed by atoms with Gasteiger partial charge in [0, 0.05) is 18.9 Å². The van der Waals surface area contributed by atoms with E-state index in [0.29, 0.717) is 12.5 Å². The number of aromatic nitrogens is 2. The van der Waals surface area contributed by atoms with Gasteiger partial charge in [-0.25, -0.2) is 9.67 Å². The number of nitrogens with two attached hydrogens (primary N) is 1. The average molecular weight is 283 g/mol. The summed E-state index contributed by atoms with van der Waals surface area (Å²) in [6.45, 7) is 1.50. The quantitative estimate of drug-likeness (QED) is 0.652. The standard InChI is InChI=1S/C16H21N5/c17-16(18-11-13-5-3-6-13)19-12-14-7-1-2-8-15(14)21-10-4-9-20-21/h1-2,4,7-10,13H,3,5-6,11-12H2,(H3,17,18,19). The molecule has 0 amide bonds. The van der Waals surface area contributed by atoms with Gasteiger partial charge in [-0.15, -0.1) is 0 Å². The lowest BCUT2D eigenvalue weighted by Gasteiger charge is -2.25. The molecule has 0 aliphatic heterocycles. The lowest BCUT2D eigenvalue weighted by atomic mass is 9.85. The topological polar surface area (TPSA) is 68.2 Å². The minimum atomic E-state index is 0.525. The van der Waals surface area contributed by atoms with Crippen LogP contribution in [0.15, 0.2) is 47.7 Å². The van der Waals surface area contributed by atoms with E-state index in [2.05, 4.69) is 21.5 Å². The molecule has 0 spiro atoms. The third-order valence-electron chi connectivity index (χ3n) is 3.96. The van der Waals surface area contributed by atoms with Crippen LogP contribution in [0.5, 0.6) is 0 Å². The van der Waals surface area contributed by atoms with Crippen molar-refractivity contribution in [1.29, 1.82) is 0 Å². The summed E-state index contributed by atoms with van der Waals surface area (Å²) in [5.74, 6) is 1.30. The summed E-state index contributed by atoms with van der Waals surface area (Å²) in [5, 5.41) is 7.49. The second kappa shape index (κ2) is 6.43. The molecule has 0 atom stereocenters.